The Bertz CT molecular complexity index is 1200. The predicted molar refractivity (Wildman–Crippen MR) is 127 cm³/mol. The minimum atomic E-state index is -0.296. The van der Waals surface area contributed by atoms with E-state index >= 15 is 0 Å². The van der Waals surface area contributed by atoms with Gasteiger partial charge in [0, 0.05) is 24.1 Å². The van der Waals surface area contributed by atoms with Crippen molar-refractivity contribution in [2.75, 3.05) is 7.11 Å². The topological polar surface area (TPSA) is 83.5 Å². The van der Waals surface area contributed by atoms with E-state index in [1.54, 1.807) is 14.2 Å². The minimum absolute atomic E-state index is 0.296. The van der Waals surface area contributed by atoms with Crippen LogP contribution in [0.1, 0.15) is 54.4 Å². The standard InChI is InChI=1S/C25H31N5O3/c1-17-9-8-12-22(30-25(31)29(3)27-28-30)21(17)16-33-23-14-13-20(15-18(23)2)24(26-32-4)19-10-6-5-7-11-19/h8-9,12-15,19H,5-7,10-11,16H2,1-4H3/b26-24+. The molecule has 0 unspecified atom stereocenters. The highest BCUT2D eigenvalue weighted by molar-refractivity contribution is 6.02. The van der Waals surface area contributed by atoms with Crippen molar-refractivity contribution < 1.29 is 9.57 Å². The van der Waals surface area contributed by atoms with E-state index < -0.39 is 0 Å². The van der Waals surface area contributed by atoms with Crippen LogP contribution < -0.4 is 10.4 Å². The molecule has 0 radical (unpaired) electrons. The van der Waals surface area contributed by atoms with Gasteiger partial charge in [0.2, 0.25) is 0 Å². The third-order valence-corrected chi connectivity index (χ3v) is 6.36. The number of hydrogen-bond donors (Lipinski definition) is 0. The summed E-state index contributed by atoms with van der Waals surface area (Å²) in [6, 6.07) is 11.9. The molecule has 0 atom stereocenters. The number of ether oxygens (including phenoxy) is 1. The molecule has 8 nitrogen and oxygen atoms in total. The molecule has 1 saturated carbocycles. The average molecular weight is 450 g/mol. The van der Waals surface area contributed by atoms with Crippen LogP contribution in [0.4, 0.5) is 0 Å². The highest BCUT2D eigenvalue weighted by Gasteiger charge is 2.22. The Morgan fingerprint density at radius 1 is 1.09 bits per heavy atom. The lowest BCUT2D eigenvalue weighted by molar-refractivity contribution is 0.210. The first-order chi connectivity index (χ1) is 16.0. The zero-order valence-corrected chi connectivity index (χ0v) is 19.7. The molecule has 0 bridgehead atoms. The van der Waals surface area contributed by atoms with Gasteiger partial charge in [-0.2, -0.15) is 9.36 Å². The van der Waals surface area contributed by atoms with Crippen LogP contribution in [0.2, 0.25) is 0 Å². The lowest BCUT2D eigenvalue weighted by Gasteiger charge is -2.23. The van der Waals surface area contributed by atoms with Gasteiger partial charge in [0.05, 0.1) is 11.4 Å². The Morgan fingerprint density at radius 3 is 2.55 bits per heavy atom. The van der Waals surface area contributed by atoms with Gasteiger partial charge in [-0.15, -0.1) is 0 Å². The van der Waals surface area contributed by atoms with E-state index in [0.717, 1.165) is 46.6 Å². The van der Waals surface area contributed by atoms with Crippen LogP contribution in [0.15, 0.2) is 46.3 Å². The molecule has 0 N–H and O–H groups in total. The number of benzene rings is 2. The van der Waals surface area contributed by atoms with Crippen molar-refractivity contribution >= 4 is 5.71 Å². The van der Waals surface area contributed by atoms with Crippen LogP contribution in [-0.4, -0.2) is 32.6 Å². The molecule has 2 aromatic carbocycles. The fourth-order valence-electron chi connectivity index (χ4n) is 4.50. The highest BCUT2D eigenvalue weighted by atomic mass is 16.6. The molecule has 3 aromatic rings. The number of nitrogens with zero attached hydrogens (tertiary/aromatic N) is 5. The molecule has 4 rings (SSSR count). The molecule has 0 saturated heterocycles. The monoisotopic (exact) mass is 449 g/mol. The number of aryl methyl sites for hydroxylation is 3. The Hall–Kier alpha value is -3.42. The van der Waals surface area contributed by atoms with E-state index in [0.29, 0.717) is 18.2 Å². The molecular weight excluding hydrogens is 418 g/mol. The van der Waals surface area contributed by atoms with Crippen molar-refractivity contribution in [1.29, 1.82) is 0 Å². The van der Waals surface area contributed by atoms with Gasteiger partial charge < -0.3 is 9.57 Å². The zero-order chi connectivity index (χ0) is 23.4. The molecule has 8 heteroatoms. The second-order valence-corrected chi connectivity index (χ2v) is 8.63. The van der Waals surface area contributed by atoms with E-state index in [1.165, 1.54) is 28.6 Å². The minimum Gasteiger partial charge on any atom is -0.489 e. The van der Waals surface area contributed by atoms with E-state index in [4.69, 9.17) is 9.57 Å². The molecule has 1 aliphatic carbocycles. The van der Waals surface area contributed by atoms with Crippen molar-refractivity contribution in [3.05, 3.63) is 69.1 Å². The van der Waals surface area contributed by atoms with Crippen LogP contribution in [0.3, 0.4) is 0 Å². The van der Waals surface area contributed by atoms with Gasteiger partial charge in [-0.1, -0.05) is 36.6 Å². The SMILES string of the molecule is CO/N=C(/c1ccc(OCc2c(C)cccc2-n2nnn(C)c2=O)c(C)c1)C1CCCCC1. The molecule has 1 aromatic heterocycles. The van der Waals surface area contributed by atoms with Crippen LogP contribution in [0.5, 0.6) is 5.75 Å². The summed E-state index contributed by atoms with van der Waals surface area (Å²) in [5, 5.41) is 12.2. The summed E-state index contributed by atoms with van der Waals surface area (Å²) in [6.07, 6.45) is 6.07. The number of aromatic nitrogens is 4. The van der Waals surface area contributed by atoms with E-state index in [2.05, 4.69) is 27.7 Å². The zero-order valence-electron chi connectivity index (χ0n) is 19.7. The van der Waals surface area contributed by atoms with Gasteiger partial charge in [-0.3, -0.25) is 0 Å². The van der Waals surface area contributed by atoms with Gasteiger partial charge >= 0.3 is 5.69 Å². The summed E-state index contributed by atoms with van der Waals surface area (Å²) >= 11 is 0. The van der Waals surface area contributed by atoms with Gasteiger partial charge in [-0.25, -0.2) is 4.79 Å². The molecule has 33 heavy (non-hydrogen) atoms. The van der Waals surface area contributed by atoms with Crippen molar-refractivity contribution in [2.45, 2.75) is 52.6 Å². The van der Waals surface area contributed by atoms with Gasteiger partial charge in [0.15, 0.2) is 0 Å². The number of rotatable bonds is 7. The second-order valence-electron chi connectivity index (χ2n) is 8.63. The summed E-state index contributed by atoms with van der Waals surface area (Å²) in [7, 11) is 3.19. The summed E-state index contributed by atoms with van der Waals surface area (Å²) in [5.74, 6) is 1.23. The van der Waals surface area contributed by atoms with Gasteiger partial charge in [-0.05, 0) is 72.5 Å². The fourth-order valence-corrected chi connectivity index (χ4v) is 4.50. The molecular formula is C25H31N5O3. The first-order valence-corrected chi connectivity index (χ1v) is 11.4. The number of tetrazole rings is 1. The second kappa shape index (κ2) is 10.0. The number of oxime groups is 1. The average Bonchev–Trinajstić information content (AvgIpc) is 3.16. The Labute approximate surface area is 193 Å². The van der Waals surface area contributed by atoms with E-state index in [1.807, 2.05) is 38.1 Å². The molecule has 0 aliphatic heterocycles. The van der Waals surface area contributed by atoms with Crippen molar-refractivity contribution in [2.24, 2.45) is 18.1 Å². The smallest absolute Gasteiger partial charge is 0.368 e. The van der Waals surface area contributed by atoms with Crippen molar-refractivity contribution in [3.8, 4) is 11.4 Å². The first kappa shape index (κ1) is 22.8. The Morgan fingerprint density at radius 2 is 1.88 bits per heavy atom. The Kier molecular flexibility index (Phi) is 6.91. The predicted octanol–water partition coefficient (Wildman–Crippen LogP) is 4.09. The van der Waals surface area contributed by atoms with Crippen LogP contribution >= 0.6 is 0 Å². The maximum absolute atomic E-state index is 12.4. The van der Waals surface area contributed by atoms with Gasteiger partial charge in [0.25, 0.3) is 0 Å². The van der Waals surface area contributed by atoms with Crippen molar-refractivity contribution in [1.82, 2.24) is 19.8 Å². The van der Waals surface area contributed by atoms with Crippen LogP contribution in [-0.2, 0) is 18.5 Å². The van der Waals surface area contributed by atoms with Crippen LogP contribution in [0, 0.1) is 19.8 Å². The third kappa shape index (κ3) is 4.84. The fraction of sp³-hybridized carbons (Fsp3) is 0.440. The van der Waals surface area contributed by atoms with Gasteiger partial charge in [0.1, 0.15) is 19.5 Å². The molecule has 0 amide bonds. The summed E-state index contributed by atoms with van der Waals surface area (Å²) < 4.78 is 8.73. The normalized spacial score (nSPS) is 15.0. The molecule has 1 heterocycles. The molecule has 1 fully saturated rings. The highest BCUT2D eigenvalue weighted by Crippen LogP contribution is 2.30. The summed E-state index contributed by atoms with van der Waals surface area (Å²) in [4.78, 5) is 17.6. The summed E-state index contributed by atoms with van der Waals surface area (Å²) in [6.45, 7) is 4.35. The lowest BCUT2D eigenvalue weighted by Crippen LogP contribution is -2.23. The number of hydrogen-bond acceptors (Lipinski definition) is 6. The van der Waals surface area contributed by atoms with Crippen LogP contribution in [0.25, 0.3) is 5.69 Å². The summed E-state index contributed by atoms with van der Waals surface area (Å²) in [5.41, 5.74) is 5.42. The molecule has 174 valence electrons. The quantitative estimate of drug-likeness (QED) is 0.401. The Balaban J connectivity index is 1.57. The van der Waals surface area contributed by atoms with E-state index in [-0.39, 0.29) is 5.69 Å². The largest absolute Gasteiger partial charge is 0.489 e. The van der Waals surface area contributed by atoms with E-state index in [9.17, 15) is 4.79 Å². The third-order valence-electron chi connectivity index (χ3n) is 6.36. The molecule has 0 spiro atoms. The van der Waals surface area contributed by atoms with Crippen molar-refractivity contribution in [3.63, 3.8) is 0 Å². The first-order valence-electron chi connectivity index (χ1n) is 11.4. The lowest BCUT2D eigenvalue weighted by atomic mass is 9.83. The maximum Gasteiger partial charge on any atom is 0.368 e. The molecule has 1 aliphatic rings. The maximum atomic E-state index is 12.4.